The maximum absolute atomic E-state index is 11.4. The summed E-state index contributed by atoms with van der Waals surface area (Å²) in [5.74, 6) is 0.0621. The quantitative estimate of drug-likeness (QED) is 0.696. The number of amides is 1. The van der Waals surface area contributed by atoms with Crippen molar-refractivity contribution in [2.45, 2.75) is 33.7 Å². The first-order chi connectivity index (χ1) is 5.38. The van der Waals surface area contributed by atoms with E-state index in [1.807, 2.05) is 27.7 Å². The third-order valence-electron chi connectivity index (χ3n) is 1.48. The molecule has 3 heteroatoms. The predicted octanol–water partition coefficient (Wildman–Crippen LogP) is 1.18. The van der Waals surface area contributed by atoms with E-state index in [4.69, 9.17) is 4.74 Å². The molecule has 12 heavy (non-hydrogen) atoms. The summed E-state index contributed by atoms with van der Waals surface area (Å²) >= 11 is 0. The van der Waals surface area contributed by atoms with Gasteiger partial charge >= 0.3 is 0 Å². The second kappa shape index (κ2) is 4.45. The molecule has 0 bridgehead atoms. The standard InChI is InChI=1S/C9H19NO2/c1-7(6-12-5)10-8(11)9(2,3)4/h7H,6H2,1-5H3,(H,10,11). The summed E-state index contributed by atoms with van der Waals surface area (Å²) in [6, 6.07) is 0.0849. The van der Waals surface area contributed by atoms with Crippen molar-refractivity contribution >= 4 is 5.91 Å². The summed E-state index contributed by atoms with van der Waals surface area (Å²) in [4.78, 5) is 11.4. The molecule has 0 rings (SSSR count). The van der Waals surface area contributed by atoms with Crippen LogP contribution in [0.1, 0.15) is 27.7 Å². The molecule has 1 unspecified atom stereocenters. The van der Waals surface area contributed by atoms with Gasteiger partial charge in [0.2, 0.25) is 5.91 Å². The summed E-state index contributed by atoms with van der Waals surface area (Å²) in [5.41, 5.74) is -0.317. The zero-order valence-electron chi connectivity index (χ0n) is 8.60. The molecule has 0 aromatic heterocycles. The van der Waals surface area contributed by atoms with E-state index >= 15 is 0 Å². The fraction of sp³-hybridized carbons (Fsp3) is 0.889. The molecule has 0 saturated carbocycles. The zero-order chi connectivity index (χ0) is 9.78. The third-order valence-corrected chi connectivity index (χ3v) is 1.48. The maximum atomic E-state index is 11.4. The van der Waals surface area contributed by atoms with E-state index in [0.29, 0.717) is 6.61 Å². The number of hydrogen-bond acceptors (Lipinski definition) is 2. The number of carbonyl (C=O) groups is 1. The lowest BCUT2D eigenvalue weighted by Gasteiger charge is -2.21. The molecular weight excluding hydrogens is 154 g/mol. The van der Waals surface area contributed by atoms with Gasteiger partial charge in [0.1, 0.15) is 0 Å². The lowest BCUT2D eigenvalue weighted by atomic mass is 9.95. The Morgan fingerprint density at radius 1 is 1.50 bits per heavy atom. The normalized spacial score (nSPS) is 14.1. The van der Waals surface area contributed by atoms with Gasteiger partial charge in [0.25, 0.3) is 0 Å². The summed E-state index contributed by atoms with van der Waals surface area (Å²) < 4.78 is 4.90. The van der Waals surface area contributed by atoms with Crippen molar-refractivity contribution in [3.8, 4) is 0 Å². The minimum atomic E-state index is -0.317. The van der Waals surface area contributed by atoms with Crippen LogP contribution in [0.3, 0.4) is 0 Å². The van der Waals surface area contributed by atoms with Crippen LogP contribution in [-0.4, -0.2) is 25.7 Å². The number of methoxy groups -OCH3 is 1. The fourth-order valence-electron chi connectivity index (χ4n) is 0.732. The van der Waals surface area contributed by atoms with Gasteiger partial charge in [0, 0.05) is 18.6 Å². The first-order valence-electron chi connectivity index (χ1n) is 4.18. The molecule has 1 atom stereocenters. The Kier molecular flexibility index (Phi) is 4.24. The van der Waals surface area contributed by atoms with Crippen molar-refractivity contribution in [2.75, 3.05) is 13.7 Å². The van der Waals surface area contributed by atoms with E-state index in [1.54, 1.807) is 7.11 Å². The van der Waals surface area contributed by atoms with Gasteiger partial charge < -0.3 is 10.1 Å². The highest BCUT2D eigenvalue weighted by molar-refractivity contribution is 5.81. The number of carbonyl (C=O) groups excluding carboxylic acids is 1. The summed E-state index contributed by atoms with van der Waals surface area (Å²) in [5, 5.41) is 2.86. The molecule has 0 aromatic rings. The summed E-state index contributed by atoms with van der Waals surface area (Å²) in [6.07, 6.45) is 0. The topological polar surface area (TPSA) is 38.3 Å². The van der Waals surface area contributed by atoms with Gasteiger partial charge in [-0.25, -0.2) is 0 Å². The van der Waals surface area contributed by atoms with E-state index < -0.39 is 0 Å². The number of ether oxygens (including phenoxy) is 1. The fourth-order valence-corrected chi connectivity index (χ4v) is 0.732. The Bertz CT molecular complexity index is 149. The molecule has 0 aliphatic heterocycles. The molecule has 72 valence electrons. The summed E-state index contributed by atoms with van der Waals surface area (Å²) in [6.45, 7) is 8.15. The van der Waals surface area contributed by atoms with Crippen LogP contribution in [0.5, 0.6) is 0 Å². The SMILES string of the molecule is COCC(C)NC(=O)C(C)(C)C. The van der Waals surface area contributed by atoms with Gasteiger partial charge in [-0.3, -0.25) is 4.79 Å². The van der Waals surface area contributed by atoms with Gasteiger partial charge in [0.05, 0.1) is 6.61 Å². The predicted molar refractivity (Wildman–Crippen MR) is 48.9 cm³/mol. The van der Waals surface area contributed by atoms with Crippen molar-refractivity contribution in [2.24, 2.45) is 5.41 Å². The second-order valence-electron chi connectivity index (χ2n) is 4.08. The van der Waals surface area contributed by atoms with Crippen LogP contribution < -0.4 is 5.32 Å². The first-order valence-corrected chi connectivity index (χ1v) is 4.18. The van der Waals surface area contributed by atoms with Crippen LogP contribution in [0, 0.1) is 5.41 Å². The Morgan fingerprint density at radius 3 is 2.33 bits per heavy atom. The van der Waals surface area contributed by atoms with E-state index in [9.17, 15) is 4.79 Å². The molecule has 0 radical (unpaired) electrons. The lowest BCUT2D eigenvalue weighted by molar-refractivity contribution is -0.129. The van der Waals surface area contributed by atoms with E-state index in [1.165, 1.54) is 0 Å². The van der Waals surface area contributed by atoms with Crippen molar-refractivity contribution in [1.29, 1.82) is 0 Å². The lowest BCUT2D eigenvalue weighted by Crippen LogP contribution is -2.42. The highest BCUT2D eigenvalue weighted by Gasteiger charge is 2.22. The first kappa shape index (κ1) is 11.4. The molecule has 0 heterocycles. The number of rotatable bonds is 3. The van der Waals surface area contributed by atoms with Gasteiger partial charge in [0.15, 0.2) is 0 Å². The van der Waals surface area contributed by atoms with Crippen LogP contribution in [0.4, 0.5) is 0 Å². The van der Waals surface area contributed by atoms with Gasteiger partial charge in [-0.1, -0.05) is 20.8 Å². The molecule has 0 fully saturated rings. The molecular formula is C9H19NO2. The van der Waals surface area contributed by atoms with E-state index in [-0.39, 0.29) is 17.4 Å². The molecule has 0 aliphatic rings. The smallest absolute Gasteiger partial charge is 0.225 e. The Morgan fingerprint density at radius 2 is 2.00 bits per heavy atom. The molecule has 0 aliphatic carbocycles. The van der Waals surface area contributed by atoms with Gasteiger partial charge in [-0.15, -0.1) is 0 Å². The van der Waals surface area contributed by atoms with Gasteiger partial charge in [-0.2, -0.15) is 0 Å². The second-order valence-corrected chi connectivity index (χ2v) is 4.08. The Balaban J connectivity index is 3.85. The third kappa shape index (κ3) is 4.34. The van der Waals surface area contributed by atoms with Crippen LogP contribution in [0.15, 0.2) is 0 Å². The van der Waals surface area contributed by atoms with Crippen molar-refractivity contribution < 1.29 is 9.53 Å². The Labute approximate surface area is 74.5 Å². The minimum Gasteiger partial charge on any atom is -0.383 e. The van der Waals surface area contributed by atoms with Crippen molar-refractivity contribution in [1.82, 2.24) is 5.32 Å². The van der Waals surface area contributed by atoms with E-state index in [2.05, 4.69) is 5.32 Å². The molecule has 1 amide bonds. The van der Waals surface area contributed by atoms with Crippen LogP contribution in [0.25, 0.3) is 0 Å². The summed E-state index contributed by atoms with van der Waals surface area (Å²) in [7, 11) is 1.62. The number of nitrogens with one attached hydrogen (secondary N) is 1. The minimum absolute atomic E-state index is 0.0621. The molecule has 3 nitrogen and oxygen atoms in total. The monoisotopic (exact) mass is 173 g/mol. The molecule has 1 N–H and O–H groups in total. The van der Waals surface area contributed by atoms with Gasteiger partial charge in [-0.05, 0) is 6.92 Å². The largest absolute Gasteiger partial charge is 0.383 e. The molecule has 0 saturated heterocycles. The molecule has 0 spiro atoms. The maximum Gasteiger partial charge on any atom is 0.225 e. The molecule has 0 aromatic carbocycles. The highest BCUT2D eigenvalue weighted by Crippen LogP contribution is 2.12. The van der Waals surface area contributed by atoms with Crippen molar-refractivity contribution in [3.63, 3.8) is 0 Å². The highest BCUT2D eigenvalue weighted by atomic mass is 16.5. The average Bonchev–Trinajstić information content (AvgIpc) is 1.85. The van der Waals surface area contributed by atoms with Crippen molar-refractivity contribution in [3.05, 3.63) is 0 Å². The zero-order valence-corrected chi connectivity index (χ0v) is 8.60. The van der Waals surface area contributed by atoms with Crippen LogP contribution >= 0.6 is 0 Å². The average molecular weight is 173 g/mol. The number of hydrogen-bond donors (Lipinski definition) is 1. The van der Waals surface area contributed by atoms with Crippen LogP contribution in [0.2, 0.25) is 0 Å². The Hall–Kier alpha value is -0.570. The van der Waals surface area contributed by atoms with E-state index in [0.717, 1.165) is 0 Å². The van der Waals surface area contributed by atoms with Crippen LogP contribution in [-0.2, 0) is 9.53 Å².